The van der Waals surface area contributed by atoms with Crippen LogP contribution in [0, 0.1) is 13.7 Å². The van der Waals surface area contributed by atoms with Gasteiger partial charge in [-0.15, -0.1) is 0 Å². The molecule has 0 saturated carbocycles. The average Bonchev–Trinajstić information content (AvgIpc) is 2.48. The molecule has 112 valence electrons. The number of rotatable bonds is 4. The highest BCUT2D eigenvalue weighted by Crippen LogP contribution is 2.19. The molecule has 0 bridgehead atoms. The van der Waals surface area contributed by atoms with Crippen LogP contribution < -0.4 is 10.5 Å². The predicted molar refractivity (Wildman–Crippen MR) is 86.8 cm³/mol. The number of carbonyl (C=O) groups excluding carboxylic acids is 1. The molecule has 2 aromatic carbocycles. The second-order valence-electron chi connectivity index (χ2n) is 4.19. The van der Waals surface area contributed by atoms with E-state index in [0.717, 1.165) is 28.0 Å². The molecule has 0 radical (unpaired) electrons. The van der Waals surface area contributed by atoms with Crippen molar-refractivity contribution in [3.05, 3.63) is 67.3 Å². The Morgan fingerprint density at radius 2 is 2.05 bits per heavy atom. The zero-order chi connectivity index (χ0) is 16.1. The lowest BCUT2D eigenvalue weighted by atomic mass is 10.2. The van der Waals surface area contributed by atoms with Gasteiger partial charge in [-0.3, -0.25) is 14.9 Å². The van der Waals surface area contributed by atoms with E-state index in [1.54, 1.807) is 18.2 Å². The van der Waals surface area contributed by atoms with Gasteiger partial charge in [0.1, 0.15) is 0 Å². The van der Waals surface area contributed by atoms with Crippen molar-refractivity contribution in [2.24, 2.45) is 5.10 Å². The molecule has 0 atom stereocenters. The fourth-order valence-electron chi connectivity index (χ4n) is 1.61. The number of halogens is 1. The van der Waals surface area contributed by atoms with E-state index in [-0.39, 0.29) is 11.3 Å². The lowest BCUT2D eigenvalue weighted by Gasteiger charge is -2.08. The Labute approximate surface area is 139 Å². The Kier molecular flexibility index (Phi) is 5.04. The predicted octanol–water partition coefficient (Wildman–Crippen LogP) is 2.04. The molecule has 0 aliphatic rings. The van der Waals surface area contributed by atoms with Crippen molar-refractivity contribution >= 4 is 40.4 Å². The van der Waals surface area contributed by atoms with Crippen molar-refractivity contribution in [1.82, 2.24) is 5.43 Å². The number of hydrogen-bond donors (Lipinski definition) is 1. The first-order valence-electron chi connectivity index (χ1n) is 6.02. The third-order valence-electron chi connectivity index (χ3n) is 2.66. The van der Waals surface area contributed by atoms with Crippen molar-refractivity contribution in [2.45, 2.75) is 0 Å². The molecular formula is C14H9IN3O4-. The molecule has 2 rings (SSSR count). The number of carbonyl (C=O) groups is 1. The molecule has 0 aliphatic heterocycles. The number of hydrogen-bond acceptors (Lipinski definition) is 5. The first-order valence-corrected chi connectivity index (χ1v) is 7.09. The van der Waals surface area contributed by atoms with Gasteiger partial charge in [-0.1, -0.05) is 17.9 Å². The van der Waals surface area contributed by atoms with Gasteiger partial charge in [0.25, 0.3) is 11.6 Å². The van der Waals surface area contributed by atoms with Crippen LogP contribution in [0.1, 0.15) is 15.9 Å². The van der Waals surface area contributed by atoms with Crippen molar-refractivity contribution in [3.63, 3.8) is 0 Å². The van der Waals surface area contributed by atoms with E-state index in [0.29, 0.717) is 5.56 Å². The van der Waals surface area contributed by atoms with Crippen molar-refractivity contribution in [2.75, 3.05) is 0 Å². The van der Waals surface area contributed by atoms with Crippen LogP contribution in [-0.2, 0) is 0 Å². The third kappa shape index (κ3) is 4.01. The number of nitro groups is 1. The van der Waals surface area contributed by atoms with Crippen molar-refractivity contribution in [3.8, 4) is 5.75 Å². The fraction of sp³-hybridized carbons (Fsp3) is 0. The highest BCUT2D eigenvalue weighted by atomic mass is 127. The maximum atomic E-state index is 11.8. The number of benzene rings is 2. The minimum atomic E-state index is -0.610. The number of non-ortho nitro benzene ring substituents is 1. The number of nitrogens with one attached hydrogen (secondary N) is 1. The molecule has 1 amide bonds. The van der Waals surface area contributed by atoms with Crippen LogP contribution in [0.3, 0.4) is 0 Å². The molecule has 0 aliphatic carbocycles. The van der Waals surface area contributed by atoms with Crippen LogP contribution in [0.2, 0.25) is 0 Å². The number of hydrazone groups is 1. The average molecular weight is 410 g/mol. The largest absolute Gasteiger partial charge is 0.872 e. The van der Waals surface area contributed by atoms with Gasteiger partial charge < -0.3 is 5.11 Å². The molecule has 0 heterocycles. The second-order valence-corrected chi connectivity index (χ2v) is 5.43. The summed E-state index contributed by atoms with van der Waals surface area (Å²) in [5.74, 6) is -0.856. The van der Waals surface area contributed by atoms with Crippen LogP contribution in [0.25, 0.3) is 0 Å². The Hall–Kier alpha value is -2.49. The Morgan fingerprint density at radius 1 is 1.27 bits per heavy atom. The smallest absolute Gasteiger partial charge is 0.271 e. The molecule has 0 unspecified atom stereocenters. The molecule has 7 nitrogen and oxygen atoms in total. The minimum absolute atomic E-state index is 0.0251. The van der Waals surface area contributed by atoms with E-state index in [4.69, 9.17) is 0 Å². The first-order chi connectivity index (χ1) is 10.5. The molecule has 1 N–H and O–H groups in total. The molecule has 0 aromatic heterocycles. The van der Waals surface area contributed by atoms with Gasteiger partial charge in [-0.2, -0.15) is 5.10 Å². The number of amides is 1. The van der Waals surface area contributed by atoms with E-state index in [2.05, 4.69) is 33.1 Å². The summed E-state index contributed by atoms with van der Waals surface area (Å²) in [6.45, 7) is 0. The SMILES string of the molecule is O=C(N/N=C\c1cc([N+](=O)[O-])ccc1[O-])c1cccc(I)c1. The molecule has 2 aromatic rings. The minimum Gasteiger partial charge on any atom is -0.872 e. The Bertz CT molecular complexity index is 762. The zero-order valence-corrected chi connectivity index (χ0v) is 13.2. The summed E-state index contributed by atoms with van der Waals surface area (Å²) in [4.78, 5) is 21.9. The van der Waals surface area contributed by atoms with Gasteiger partial charge >= 0.3 is 0 Å². The lowest BCUT2D eigenvalue weighted by molar-refractivity contribution is -0.385. The van der Waals surface area contributed by atoms with E-state index in [9.17, 15) is 20.0 Å². The van der Waals surface area contributed by atoms with Crippen LogP contribution in [0.5, 0.6) is 5.75 Å². The van der Waals surface area contributed by atoms with E-state index in [1.165, 1.54) is 0 Å². The van der Waals surface area contributed by atoms with E-state index in [1.807, 2.05) is 6.07 Å². The van der Waals surface area contributed by atoms with Crippen molar-refractivity contribution < 1.29 is 14.8 Å². The number of nitrogens with zero attached hydrogens (tertiary/aromatic N) is 2. The zero-order valence-electron chi connectivity index (χ0n) is 11.0. The first kappa shape index (κ1) is 15.9. The second kappa shape index (κ2) is 6.98. The van der Waals surface area contributed by atoms with Crippen LogP contribution in [0.4, 0.5) is 5.69 Å². The van der Waals surface area contributed by atoms with Gasteiger partial charge in [0.2, 0.25) is 0 Å². The highest BCUT2D eigenvalue weighted by molar-refractivity contribution is 14.1. The number of nitro benzene ring substituents is 1. The van der Waals surface area contributed by atoms with Gasteiger partial charge in [-0.25, -0.2) is 5.43 Å². The van der Waals surface area contributed by atoms with Gasteiger partial charge in [0.05, 0.1) is 11.1 Å². The van der Waals surface area contributed by atoms with Gasteiger partial charge in [-0.05, 0) is 46.4 Å². The normalized spacial score (nSPS) is 10.6. The van der Waals surface area contributed by atoms with Crippen LogP contribution >= 0.6 is 22.6 Å². The van der Waals surface area contributed by atoms with Crippen LogP contribution in [0.15, 0.2) is 47.6 Å². The molecule has 0 saturated heterocycles. The highest BCUT2D eigenvalue weighted by Gasteiger charge is 2.06. The van der Waals surface area contributed by atoms with E-state index >= 15 is 0 Å². The third-order valence-corrected chi connectivity index (χ3v) is 3.33. The summed E-state index contributed by atoms with van der Waals surface area (Å²) in [6.07, 6.45) is 1.08. The summed E-state index contributed by atoms with van der Waals surface area (Å²) in [5.41, 5.74) is 2.50. The van der Waals surface area contributed by atoms with Gasteiger partial charge in [0, 0.05) is 21.3 Å². The van der Waals surface area contributed by atoms with Crippen LogP contribution in [-0.4, -0.2) is 17.0 Å². The monoisotopic (exact) mass is 410 g/mol. The maximum Gasteiger partial charge on any atom is 0.271 e. The summed E-state index contributed by atoms with van der Waals surface area (Å²) in [6, 6.07) is 10.2. The maximum absolute atomic E-state index is 11.8. The summed E-state index contributed by atoms with van der Waals surface area (Å²) in [5, 5.41) is 25.9. The quantitative estimate of drug-likeness (QED) is 0.360. The molecule has 22 heavy (non-hydrogen) atoms. The summed E-state index contributed by atoms with van der Waals surface area (Å²) < 4.78 is 0.898. The standard InChI is InChI=1S/C14H10IN3O4/c15-11-3-1-2-9(6-11)14(20)17-16-8-10-7-12(18(21)22)4-5-13(10)19/h1-8,19H,(H,17,20)/p-1/b16-8-. The Morgan fingerprint density at radius 3 is 2.73 bits per heavy atom. The van der Waals surface area contributed by atoms with Gasteiger partial charge in [0.15, 0.2) is 0 Å². The fourth-order valence-corrected chi connectivity index (χ4v) is 2.15. The topological polar surface area (TPSA) is 108 Å². The lowest BCUT2D eigenvalue weighted by Crippen LogP contribution is -2.17. The van der Waals surface area contributed by atoms with Crippen molar-refractivity contribution in [1.29, 1.82) is 0 Å². The molecule has 8 heteroatoms. The molecule has 0 spiro atoms. The molecular weight excluding hydrogens is 401 g/mol. The van der Waals surface area contributed by atoms with E-state index < -0.39 is 16.6 Å². The summed E-state index contributed by atoms with van der Waals surface area (Å²) >= 11 is 2.08. The summed E-state index contributed by atoms with van der Waals surface area (Å²) in [7, 11) is 0. The Balaban J connectivity index is 2.11. The molecule has 0 fully saturated rings.